The molecule has 0 N–H and O–H groups in total. The predicted molar refractivity (Wildman–Crippen MR) is 126 cm³/mol. The maximum absolute atomic E-state index is 13.0. The first-order valence-corrected chi connectivity index (χ1v) is 13.8. The SMILES string of the molecule is CCCCSc1nnc(SCC(=O)N2N=C(c3cccs3)CC2c2cccs2)s1. The highest BCUT2D eigenvalue weighted by Crippen LogP contribution is 2.37. The Labute approximate surface area is 190 Å². The van der Waals surface area contributed by atoms with E-state index in [0.29, 0.717) is 5.75 Å². The molecule has 0 fully saturated rings. The zero-order valence-electron chi connectivity index (χ0n) is 15.8. The third-order valence-corrected chi connectivity index (χ3v) is 9.43. The molecule has 0 bridgehead atoms. The van der Waals surface area contributed by atoms with E-state index in [-0.39, 0.29) is 11.9 Å². The zero-order chi connectivity index (χ0) is 20.1. The van der Waals surface area contributed by atoms with Crippen LogP contribution in [0, 0.1) is 0 Å². The number of thioether (sulfide) groups is 2. The number of amides is 1. The molecule has 4 rings (SSSR count). The number of thiophene rings is 2. The lowest BCUT2D eigenvalue weighted by Crippen LogP contribution is -2.28. The first-order chi connectivity index (χ1) is 14.2. The van der Waals surface area contributed by atoms with E-state index in [0.717, 1.165) is 31.4 Å². The van der Waals surface area contributed by atoms with Gasteiger partial charge >= 0.3 is 0 Å². The van der Waals surface area contributed by atoms with Crippen molar-refractivity contribution in [3.8, 4) is 0 Å². The van der Waals surface area contributed by atoms with Crippen LogP contribution in [0.5, 0.6) is 0 Å². The molecule has 0 aromatic carbocycles. The van der Waals surface area contributed by atoms with Gasteiger partial charge in [0.25, 0.3) is 5.91 Å². The predicted octanol–water partition coefficient (Wildman–Crippen LogP) is 6.02. The highest BCUT2D eigenvalue weighted by Gasteiger charge is 2.34. The minimum atomic E-state index is -0.0187. The number of carbonyl (C=O) groups excluding carboxylic acids is 1. The Balaban J connectivity index is 1.41. The topological polar surface area (TPSA) is 58.5 Å². The molecule has 4 heterocycles. The molecule has 3 aromatic heterocycles. The molecule has 5 nitrogen and oxygen atoms in total. The van der Waals surface area contributed by atoms with E-state index in [9.17, 15) is 4.79 Å². The summed E-state index contributed by atoms with van der Waals surface area (Å²) in [6.45, 7) is 2.18. The second kappa shape index (κ2) is 10.2. The highest BCUT2D eigenvalue weighted by atomic mass is 32.2. The molecule has 0 radical (unpaired) electrons. The number of hydrogen-bond donors (Lipinski definition) is 0. The number of hydrogen-bond acceptors (Lipinski definition) is 9. The number of unbranched alkanes of at least 4 members (excludes halogenated alkanes) is 1. The van der Waals surface area contributed by atoms with Crippen LogP contribution in [0.4, 0.5) is 0 Å². The van der Waals surface area contributed by atoms with Gasteiger partial charge in [-0.2, -0.15) is 5.10 Å². The normalized spacial score (nSPS) is 16.4. The lowest BCUT2D eigenvalue weighted by molar-refractivity contribution is -0.130. The lowest BCUT2D eigenvalue weighted by atomic mass is 10.1. The number of carbonyl (C=O) groups is 1. The summed E-state index contributed by atoms with van der Waals surface area (Å²) >= 11 is 8.09. The standard InChI is InChI=1S/C19H20N4OS5/c1-2-3-8-27-18-20-21-19(29-18)28-12-17(24)23-14(16-7-5-10-26-16)11-13(22-23)15-6-4-9-25-15/h4-7,9-10,14H,2-3,8,11-12H2,1H3. The molecule has 3 aromatic rings. The fourth-order valence-corrected chi connectivity index (χ4v) is 7.40. The van der Waals surface area contributed by atoms with Crippen molar-refractivity contribution in [1.29, 1.82) is 0 Å². The molecule has 29 heavy (non-hydrogen) atoms. The van der Waals surface area contributed by atoms with Crippen LogP contribution in [0.3, 0.4) is 0 Å². The van der Waals surface area contributed by atoms with E-state index < -0.39 is 0 Å². The second-order valence-corrected chi connectivity index (χ2v) is 11.8. The van der Waals surface area contributed by atoms with Gasteiger partial charge in [0, 0.05) is 17.1 Å². The third kappa shape index (κ3) is 5.29. The Morgan fingerprint density at radius 1 is 1.17 bits per heavy atom. The second-order valence-electron chi connectivity index (χ2n) is 6.32. The molecule has 0 saturated carbocycles. The molecule has 152 valence electrons. The molecule has 1 amide bonds. The quantitative estimate of drug-likeness (QED) is 0.277. The van der Waals surface area contributed by atoms with Crippen LogP contribution in [-0.2, 0) is 4.79 Å². The van der Waals surface area contributed by atoms with E-state index >= 15 is 0 Å². The molecule has 10 heteroatoms. The van der Waals surface area contributed by atoms with Crippen molar-refractivity contribution < 1.29 is 4.79 Å². The minimum absolute atomic E-state index is 0.00958. The number of rotatable bonds is 9. The number of aromatic nitrogens is 2. The van der Waals surface area contributed by atoms with Crippen molar-refractivity contribution in [2.24, 2.45) is 5.10 Å². The van der Waals surface area contributed by atoms with Gasteiger partial charge in [-0.25, -0.2) is 5.01 Å². The fourth-order valence-electron chi connectivity index (χ4n) is 2.84. The summed E-state index contributed by atoms with van der Waals surface area (Å²) in [7, 11) is 0. The van der Waals surface area contributed by atoms with Gasteiger partial charge < -0.3 is 0 Å². The average Bonchev–Trinajstić information content (AvgIpc) is 3.52. The molecule has 0 spiro atoms. The zero-order valence-corrected chi connectivity index (χ0v) is 19.9. The van der Waals surface area contributed by atoms with Gasteiger partial charge in [-0.15, -0.1) is 32.9 Å². The summed E-state index contributed by atoms with van der Waals surface area (Å²) in [6.07, 6.45) is 3.11. The Kier molecular flexibility index (Phi) is 7.41. The van der Waals surface area contributed by atoms with E-state index in [1.165, 1.54) is 29.5 Å². The van der Waals surface area contributed by atoms with Crippen LogP contribution < -0.4 is 0 Å². The van der Waals surface area contributed by atoms with Gasteiger partial charge in [0.2, 0.25) is 0 Å². The highest BCUT2D eigenvalue weighted by molar-refractivity contribution is 8.03. The fraction of sp³-hybridized carbons (Fsp3) is 0.368. The molecule has 0 aliphatic carbocycles. The lowest BCUT2D eigenvalue weighted by Gasteiger charge is -2.20. The van der Waals surface area contributed by atoms with Crippen molar-refractivity contribution >= 4 is 69.2 Å². The summed E-state index contributed by atoms with van der Waals surface area (Å²) < 4.78 is 1.82. The van der Waals surface area contributed by atoms with Crippen LogP contribution in [0.1, 0.15) is 42.0 Å². The summed E-state index contributed by atoms with van der Waals surface area (Å²) in [5.74, 6) is 1.39. The van der Waals surface area contributed by atoms with Gasteiger partial charge in [-0.3, -0.25) is 4.79 Å². The number of nitrogens with zero attached hydrogens (tertiary/aromatic N) is 4. The molecule has 1 unspecified atom stereocenters. The summed E-state index contributed by atoms with van der Waals surface area (Å²) in [5, 5.41) is 18.9. The van der Waals surface area contributed by atoms with E-state index in [2.05, 4.69) is 34.6 Å². The first-order valence-electron chi connectivity index (χ1n) is 9.30. The first kappa shape index (κ1) is 21.0. The van der Waals surface area contributed by atoms with Crippen molar-refractivity contribution in [3.63, 3.8) is 0 Å². The maximum Gasteiger partial charge on any atom is 0.253 e. The van der Waals surface area contributed by atoms with E-state index in [1.807, 2.05) is 17.5 Å². The van der Waals surface area contributed by atoms with E-state index in [1.54, 1.807) is 50.8 Å². The largest absolute Gasteiger partial charge is 0.272 e. The molecule has 1 atom stereocenters. The Hall–Kier alpha value is -1.20. The summed E-state index contributed by atoms with van der Waals surface area (Å²) in [5.41, 5.74) is 0.988. The van der Waals surface area contributed by atoms with Crippen molar-refractivity contribution in [3.05, 3.63) is 44.8 Å². The summed E-state index contributed by atoms with van der Waals surface area (Å²) in [6, 6.07) is 8.18. The van der Waals surface area contributed by atoms with Gasteiger partial charge in [0.1, 0.15) is 0 Å². The van der Waals surface area contributed by atoms with Gasteiger partial charge in [0.15, 0.2) is 8.68 Å². The Morgan fingerprint density at radius 2 is 1.97 bits per heavy atom. The molecular formula is C19H20N4OS5. The van der Waals surface area contributed by atoms with Gasteiger partial charge in [-0.05, 0) is 29.3 Å². The monoisotopic (exact) mass is 480 g/mol. The van der Waals surface area contributed by atoms with Gasteiger partial charge in [0.05, 0.1) is 22.4 Å². The van der Waals surface area contributed by atoms with Crippen LogP contribution in [0.15, 0.2) is 48.8 Å². The number of hydrazone groups is 1. The van der Waals surface area contributed by atoms with Gasteiger partial charge in [-0.1, -0.05) is 60.3 Å². The molecule has 0 saturated heterocycles. The van der Waals surface area contributed by atoms with Crippen LogP contribution in [0.25, 0.3) is 0 Å². The average molecular weight is 481 g/mol. The molecular weight excluding hydrogens is 461 g/mol. The summed E-state index contributed by atoms with van der Waals surface area (Å²) in [4.78, 5) is 15.3. The Morgan fingerprint density at radius 3 is 2.69 bits per heavy atom. The Bertz CT molecular complexity index is 951. The van der Waals surface area contributed by atoms with Crippen LogP contribution >= 0.6 is 57.5 Å². The van der Waals surface area contributed by atoms with E-state index in [4.69, 9.17) is 5.10 Å². The van der Waals surface area contributed by atoms with Crippen molar-refractivity contribution in [1.82, 2.24) is 15.2 Å². The third-order valence-electron chi connectivity index (χ3n) is 4.27. The molecule has 1 aliphatic heterocycles. The van der Waals surface area contributed by atoms with Crippen LogP contribution in [-0.4, -0.2) is 38.3 Å². The van der Waals surface area contributed by atoms with Crippen molar-refractivity contribution in [2.75, 3.05) is 11.5 Å². The molecule has 1 aliphatic rings. The smallest absolute Gasteiger partial charge is 0.253 e. The van der Waals surface area contributed by atoms with Crippen LogP contribution in [0.2, 0.25) is 0 Å². The minimum Gasteiger partial charge on any atom is -0.272 e. The maximum atomic E-state index is 13.0. The van der Waals surface area contributed by atoms with Crippen molar-refractivity contribution in [2.45, 2.75) is 40.9 Å².